The van der Waals surface area contributed by atoms with E-state index in [0.717, 1.165) is 19.7 Å². The van der Waals surface area contributed by atoms with E-state index in [9.17, 15) is 0 Å². The molecule has 0 spiro atoms. The van der Waals surface area contributed by atoms with E-state index in [2.05, 4.69) is 54.4 Å². The number of piperazine rings is 1. The zero-order valence-corrected chi connectivity index (χ0v) is 13.3. The average molecular weight is 288 g/mol. The van der Waals surface area contributed by atoms with E-state index in [0.29, 0.717) is 24.2 Å². The Balaban J connectivity index is 1.79. The molecule has 4 atom stereocenters. The zero-order chi connectivity index (χ0) is 14.7. The van der Waals surface area contributed by atoms with E-state index in [1.165, 1.54) is 24.8 Å². The lowest BCUT2D eigenvalue weighted by Gasteiger charge is -2.45. The Bertz CT molecular complexity index is 430. The first-order valence-electron chi connectivity index (χ1n) is 8.45. The predicted molar refractivity (Wildman–Crippen MR) is 86.4 cm³/mol. The minimum absolute atomic E-state index is 0.409. The molecule has 21 heavy (non-hydrogen) atoms. The smallest absolute Gasteiger partial charge is 0.0728 e. The molecular formula is C18H28N2O. The van der Waals surface area contributed by atoms with E-state index < -0.39 is 0 Å². The lowest BCUT2D eigenvalue weighted by Crippen LogP contribution is -2.57. The van der Waals surface area contributed by atoms with Crippen LogP contribution in [-0.4, -0.2) is 42.8 Å². The molecule has 2 fully saturated rings. The van der Waals surface area contributed by atoms with Crippen molar-refractivity contribution < 1.29 is 4.74 Å². The number of hydrogen-bond donors (Lipinski definition) is 1. The van der Waals surface area contributed by atoms with Crippen molar-refractivity contribution in [3.8, 4) is 0 Å². The Morgan fingerprint density at radius 1 is 1.33 bits per heavy atom. The largest absolute Gasteiger partial charge is 0.377 e. The van der Waals surface area contributed by atoms with Gasteiger partial charge in [-0.3, -0.25) is 4.90 Å². The van der Waals surface area contributed by atoms with Crippen molar-refractivity contribution in [1.29, 1.82) is 0 Å². The Hall–Kier alpha value is -0.900. The van der Waals surface area contributed by atoms with Gasteiger partial charge in [0.2, 0.25) is 0 Å². The first kappa shape index (κ1) is 15.0. The maximum atomic E-state index is 5.96. The molecule has 1 aromatic rings. The highest BCUT2D eigenvalue weighted by atomic mass is 16.5. The summed E-state index contributed by atoms with van der Waals surface area (Å²) in [5.41, 5.74) is 1.42. The highest BCUT2D eigenvalue weighted by Gasteiger charge is 2.35. The summed E-state index contributed by atoms with van der Waals surface area (Å²) < 4.78 is 5.96. The van der Waals surface area contributed by atoms with Gasteiger partial charge in [0.15, 0.2) is 0 Å². The van der Waals surface area contributed by atoms with Crippen molar-refractivity contribution in [3.05, 3.63) is 35.9 Å². The van der Waals surface area contributed by atoms with Crippen LogP contribution in [0.4, 0.5) is 0 Å². The fourth-order valence-corrected chi connectivity index (χ4v) is 3.75. The molecule has 2 aliphatic heterocycles. The molecule has 3 heteroatoms. The monoisotopic (exact) mass is 288 g/mol. The van der Waals surface area contributed by atoms with Gasteiger partial charge in [-0.15, -0.1) is 0 Å². The van der Waals surface area contributed by atoms with Gasteiger partial charge in [-0.2, -0.15) is 0 Å². The van der Waals surface area contributed by atoms with Crippen LogP contribution >= 0.6 is 0 Å². The first-order valence-corrected chi connectivity index (χ1v) is 8.45. The van der Waals surface area contributed by atoms with E-state index in [-0.39, 0.29) is 0 Å². The molecule has 0 amide bonds. The van der Waals surface area contributed by atoms with Crippen LogP contribution in [0.2, 0.25) is 0 Å². The van der Waals surface area contributed by atoms with Crippen molar-refractivity contribution in [2.45, 2.75) is 57.3 Å². The van der Waals surface area contributed by atoms with Crippen molar-refractivity contribution in [2.24, 2.45) is 0 Å². The molecule has 1 aromatic carbocycles. The van der Waals surface area contributed by atoms with Crippen LogP contribution in [0.15, 0.2) is 30.3 Å². The maximum Gasteiger partial charge on any atom is 0.0728 e. The molecular weight excluding hydrogens is 260 g/mol. The van der Waals surface area contributed by atoms with Crippen LogP contribution < -0.4 is 5.32 Å². The molecule has 3 rings (SSSR count). The highest BCUT2D eigenvalue weighted by Crippen LogP contribution is 2.30. The number of benzene rings is 1. The van der Waals surface area contributed by atoms with Gasteiger partial charge in [0.1, 0.15) is 0 Å². The van der Waals surface area contributed by atoms with Crippen LogP contribution in [0, 0.1) is 0 Å². The molecule has 116 valence electrons. The maximum absolute atomic E-state index is 5.96. The van der Waals surface area contributed by atoms with E-state index in [1.54, 1.807) is 0 Å². The fourth-order valence-electron chi connectivity index (χ4n) is 3.75. The summed E-state index contributed by atoms with van der Waals surface area (Å²) in [6, 6.07) is 12.5. The summed E-state index contributed by atoms with van der Waals surface area (Å²) in [5.74, 6) is 0. The molecule has 3 nitrogen and oxygen atoms in total. The second-order valence-electron chi connectivity index (χ2n) is 6.43. The predicted octanol–water partition coefficient (Wildman–Crippen LogP) is 2.98. The van der Waals surface area contributed by atoms with Gasteiger partial charge in [-0.25, -0.2) is 0 Å². The summed E-state index contributed by atoms with van der Waals surface area (Å²) in [6.07, 6.45) is 4.03. The van der Waals surface area contributed by atoms with E-state index in [4.69, 9.17) is 4.74 Å². The molecule has 1 N–H and O–H groups in total. The topological polar surface area (TPSA) is 24.5 Å². The summed E-state index contributed by atoms with van der Waals surface area (Å²) in [4.78, 5) is 2.68. The molecule has 2 aliphatic rings. The highest BCUT2D eigenvalue weighted by molar-refractivity contribution is 5.20. The number of hydrogen-bond acceptors (Lipinski definition) is 3. The van der Waals surface area contributed by atoms with Gasteiger partial charge in [0.25, 0.3) is 0 Å². The molecule has 0 saturated carbocycles. The second-order valence-corrected chi connectivity index (χ2v) is 6.43. The van der Waals surface area contributed by atoms with Crippen molar-refractivity contribution in [1.82, 2.24) is 10.2 Å². The molecule has 0 aliphatic carbocycles. The summed E-state index contributed by atoms with van der Waals surface area (Å²) >= 11 is 0. The standard InChI is InChI=1S/C18H28N2O/c1-3-16-13-20(14(2)18-10-7-11-21-18)17(12-19-16)15-8-5-4-6-9-15/h4-6,8-9,14,16-19H,3,7,10-13H2,1-2H3. The molecule has 2 heterocycles. The normalized spacial score (nSPS) is 32.2. The Morgan fingerprint density at radius 2 is 2.14 bits per heavy atom. The van der Waals surface area contributed by atoms with Crippen molar-refractivity contribution >= 4 is 0 Å². The van der Waals surface area contributed by atoms with Crippen molar-refractivity contribution in [2.75, 3.05) is 19.7 Å². The van der Waals surface area contributed by atoms with Gasteiger partial charge in [-0.1, -0.05) is 37.3 Å². The third-order valence-corrected chi connectivity index (χ3v) is 5.13. The van der Waals surface area contributed by atoms with Crippen LogP contribution in [0.1, 0.15) is 44.7 Å². The van der Waals surface area contributed by atoms with Gasteiger partial charge >= 0.3 is 0 Å². The van der Waals surface area contributed by atoms with Gasteiger partial charge < -0.3 is 10.1 Å². The quantitative estimate of drug-likeness (QED) is 0.922. The average Bonchev–Trinajstić information content (AvgIpc) is 3.09. The third-order valence-electron chi connectivity index (χ3n) is 5.13. The van der Waals surface area contributed by atoms with Crippen LogP contribution in [0.3, 0.4) is 0 Å². The van der Waals surface area contributed by atoms with Crippen LogP contribution in [-0.2, 0) is 4.74 Å². The molecule has 0 aromatic heterocycles. The number of ether oxygens (including phenoxy) is 1. The molecule has 2 saturated heterocycles. The molecule has 0 radical (unpaired) electrons. The fraction of sp³-hybridized carbons (Fsp3) is 0.667. The third kappa shape index (κ3) is 3.31. The summed E-state index contributed by atoms with van der Waals surface area (Å²) in [7, 11) is 0. The first-order chi connectivity index (χ1) is 10.3. The van der Waals surface area contributed by atoms with Gasteiger partial charge in [0.05, 0.1) is 6.10 Å². The van der Waals surface area contributed by atoms with E-state index in [1.807, 2.05) is 0 Å². The lowest BCUT2D eigenvalue weighted by molar-refractivity contribution is -0.00544. The lowest BCUT2D eigenvalue weighted by atomic mass is 9.96. The number of nitrogens with one attached hydrogen (secondary N) is 1. The van der Waals surface area contributed by atoms with Crippen LogP contribution in [0.25, 0.3) is 0 Å². The summed E-state index contributed by atoms with van der Waals surface area (Å²) in [5, 5.41) is 3.71. The Kier molecular flexibility index (Phi) is 4.94. The minimum atomic E-state index is 0.409. The van der Waals surface area contributed by atoms with Gasteiger partial charge in [0, 0.05) is 37.8 Å². The number of nitrogens with zero attached hydrogens (tertiary/aromatic N) is 1. The second kappa shape index (κ2) is 6.91. The van der Waals surface area contributed by atoms with Crippen molar-refractivity contribution in [3.63, 3.8) is 0 Å². The molecule has 4 unspecified atom stereocenters. The Labute approximate surface area is 128 Å². The van der Waals surface area contributed by atoms with Crippen LogP contribution in [0.5, 0.6) is 0 Å². The Morgan fingerprint density at radius 3 is 2.81 bits per heavy atom. The zero-order valence-electron chi connectivity index (χ0n) is 13.3. The number of rotatable bonds is 4. The van der Waals surface area contributed by atoms with E-state index >= 15 is 0 Å². The minimum Gasteiger partial charge on any atom is -0.377 e. The summed E-state index contributed by atoms with van der Waals surface area (Å²) in [6.45, 7) is 7.73. The van der Waals surface area contributed by atoms with Gasteiger partial charge in [-0.05, 0) is 31.7 Å². The molecule has 0 bridgehead atoms. The SMILES string of the molecule is CCC1CN(C(C)C2CCCO2)C(c2ccccc2)CN1.